The Morgan fingerprint density at radius 3 is 3.00 bits per heavy atom. The third-order valence-corrected chi connectivity index (χ3v) is 2.57. The average Bonchev–Trinajstić information content (AvgIpc) is 2.73. The number of hydrogen-bond donors (Lipinski definition) is 1. The van der Waals surface area contributed by atoms with E-state index in [1.165, 1.54) is 5.56 Å². The van der Waals surface area contributed by atoms with Crippen molar-refractivity contribution in [2.45, 2.75) is 13.2 Å². The van der Waals surface area contributed by atoms with E-state index in [0.29, 0.717) is 6.61 Å². The zero-order valence-electron chi connectivity index (χ0n) is 10.2. The molecule has 90 valence electrons. The molecule has 0 aliphatic carbocycles. The molecule has 4 heteroatoms. The lowest BCUT2D eigenvalue weighted by Gasteiger charge is -2.07. The van der Waals surface area contributed by atoms with Crippen LogP contribution in [0.4, 0.5) is 0 Å². The number of imidazole rings is 1. The number of aryl methyl sites for hydroxylation is 1. The summed E-state index contributed by atoms with van der Waals surface area (Å²) in [6.45, 7) is 1.34. The second-order valence-electron chi connectivity index (χ2n) is 3.92. The predicted octanol–water partition coefficient (Wildman–Crippen LogP) is 1.72. The van der Waals surface area contributed by atoms with Gasteiger partial charge < -0.3 is 14.6 Å². The lowest BCUT2D eigenvalue weighted by Crippen LogP contribution is -2.06. The van der Waals surface area contributed by atoms with E-state index < -0.39 is 0 Å². The van der Waals surface area contributed by atoms with Crippen LogP contribution in [-0.4, -0.2) is 16.6 Å². The first-order valence-electron chi connectivity index (χ1n) is 5.62. The van der Waals surface area contributed by atoms with Crippen molar-refractivity contribution in [3.05, 3.63) is 48.0 Å². The largest absolute Gasteiger partial charge is 0.486 e. The summed E-state index contributed by atoms with van der Waals surface area (Å²) in [6.07, 6.45) is 3.69. The quantitative estimate of drug-likeness (QED) is 0.851. The molecule has 0 spiro atoms. The van der Waals surface area contributed by atoms with Crippen LogP contribution >= 0.6 is 0 Å². The molecule has 1 N–H and O–H groups in total. The van der Waals surface area contributed by atoms with E-state index in [1.54, 1.807) is 6.20 Å². The lowest BCUT2D eigenvalue weighted by atomic mass is 10.2. The van der Waals surface area contributed by atoms with Gasteiger partial charge in [0.25, 0.3) is 0 Å². The van der Waals surface area contributed by atoms with E-state index >= 15 is 0 Å². The standard InChI is InChI=1S/C13H17N3O/c1-14-9-11-4-3-5-12(8-11)17-10-13-15-6-7-16(13)2/h3-8,14H,9-10H2,1-2H3. The van der Waals surface area contributed by atoms with Crippen molar-refractivity contribution >= 4 is 0 Å². The normalized spacial score (nSPS) is 10.5. The fourth-order valence-corrected chi connectivity index (χ4v) is 1.63. The summed E-state index contributed by atoms with van der Waals surface area (Å²) in [6, 6.07) is 8.08. The highest BCUT2D eigenvalue weighted by Crippen LogP contribution is 2.14. The van der Waals surface area contributed by atoms with Crippen LogP contribution in [0.25, 0.3) is 0 Å². The lowest BCUT2D eigenvalue weighted by molar-refractivity contribution is 0.291. The maximum absolute atomic E-state index is 5.71. The van der Waals surface area contributed by atoms with Crippen molar-refractivity contribution in [3.63, 3.8) is 0 Å². The van der Waals surface area contributed by atoms with Gasteiger partial charge in [0.2, 0.25) is 0 Å². The minimum absolute atomic E-state index is 0.493. The van der Waals surface area contributed by atoms with Crippen molar-refractivity contribution in [2.24, 2.45) is 7.05 Å². The first kappa shape index (κ1) is 11.7. The first-order chi connectivity index (χ1) is 8.29. The van der Waals surface area contributed by atoms with Gasteiger partial charge in [-0.2, -0.15) is 0 Å². The van der Waals surface area contributed by atoms with Crippen LogP contribution in [0.1, 0.15) is 11.4 Å². The van der Waals surface area contributed by atoms with Gasteiger partial charge in [-0.1, -0.05) is 12.1 Å². The van der Waals surface area contributed by atoms with Crippen molar-refractivity contribution in [1.82, 2.24) is 14.9 Å². The van der Waals surface area contributed by atoms with Crippen LogP contribution in [-0.2, 0) is 20.2 Å². The van der Waals surface area contributed by atoms with E-state index in [0.717, 1.165) is 18.1 Å². The van der Waals surface area contributed by atoms with E-state index in [1.807, 2.05) is 43.1 Å². The van der Waals surface area contributed by atoms with E-state index in [4.69, 9.17) is 4.74 Å². The molecule has 0 fully saturated rings. The highest BCUT2D eigenvalue weighted by molar-refractivity contribution is 5.28. The summed E-state index contributed by atoms with van der Waals surface area (Å²) in [5, 5.41) is 3.12. The Balaban J connectivity index is 1.99. The van der Waals surface area contributed by atoms with Gasteiger partial charge in [-0.25, -0.2) is 4.98 Å². The fraction of sp³-hybridized carbons (Fsp3) is 0.308. The van der Waals surface area contributed by atoms with Crippen molar-refractivity contribution in [2.75, 3.05) is 7.05 Å². The van der Waals surface area contributed by atoms with Gasteiger partial charge in [0.05, 0.1) is 0 Å². The average molecular weight is 231 g/mol. The fourth-order valence-electron chi connectivity index (χ4n) is 1.63. The third-order valence-electron chi connectivity index (χ3n) is 2.57. The smallest absolute Gasteiger partial charge is 0.146 e. The molecule has 2 aromatic rings. The molecule has 1 aromatic carbocycles. The van der Waals surface area contributed by atoms with Gasteiger partial charge in [0, 0.05) is 26.0 Å². The highest BCUT2D eigenvalue weighted by atomic mass is 16.5. The number of benzene rings is 1. The highest BCUT2D eigenvalue weighted by Gasteiger charge is 2.01. The van der Waals surface area contributed by atoms with Gasteiger partial charge in [-0.05, 0) is 24.7 Å². The molecule has 4 nitrogen and oxygen atoms in total. The molecule has 0 bridgehead atoms. The van der Waals surface area contributed by atoms with Gasteiger partial charge in [0.15, 0.2) is 0 Å². The van der Waals surface area contributed by atoms with Crippen molar-refractivity contribution < 1.29 is 4.74 Å². The van der Waals surface area contributed by atoms with Crippen LogP contribution in [0.2, 0.25) is 0 Å². The van der Waals surface area contributed by atoms with Gasteiger partial charge in [-0.15, -0.1) is 0 Å². The number of ether oxygens (including phenoxy) is 1. The first-order valence-corrected chi connectivity index (χ1v) is 5.62. The van der Waals surface area contributed by atoms with Crippen LogP contribution in [0, 0.1) is 0 Å². The minimum atomic E-state index is 0.493. The van der Waals surface area contributed by atoms with E-state index in [-0.39, 0.29) is 0 Å². The Labute approximate surface area is 101 Å². The van der Waals surface area contributed by atoms with Crippen LogP contribution in [0.5, 0.6) is 5.75 Å². The SMILES string of the molecule is CNCc1cccc(OCc2nccn2C)c1. The molecule has 0 saturated heterocycles. The van der Waals surface area contributed by atoms with Crippen LogP contribution < -0.4 is 10.1 Å². The number of nitrogens with one attached hydrogen (secondary N) is 1. The number of aromatic nitrogens is 2. The van der Waals surface area contributed by atoms with Crippen molar-refractivity contribution in [1.29, 1.82) is 0 Å². The Kier molecular flexibility index (Phi) is 3.77. The molecular formula is C13H17N3O. The van der Waals surface area contributed by atoms with Crippen molar-refractivity contribution in [3.8, 4) is 5.75 Å². The maximum Gasteiger partial charge on any atom is 0.146 e. The summed E-state index contributed by atoms with van der Waals surface area (Å²) in [4.78, 5) is 4.22. The van der Waals surface area contributed by atoms with E-state index in [9.17, 15) is 0 Å². The number of rotatable bonds is 5. The zero-order chi connectivity index (χ0) is 12.1. The Bertz CT molecular complexity index is 479. The molecule has 17 heavy (non-hydrogen) atoms. The maximum atomic E-state index is 5.71. The molecule has 0 saturated carbocycles. The second-order valence-corrected chi connectivity index (χ2v) is 3.92. The molecular weight excluding hydrogens is 214 g/mol. The predicted molar refractivity (Wildman–Crippen MR) is 66.7 cm³/mol. The molecule has 0 unspecified atom stereocenters. The molecule has 1 aromatic heterocycles. The van der Waals surface area contributed by atoms with Gasteiger partial charge >= 0.3 is 0 Å². The molecule has 0 aliphatic heterocycles. The molecule has 1 heterocycles. The molecule has 0 amide bonds. The summed E-state index contributed by atoms with van der Waals surface area (Å²) in [7, 11) is 3.89. The van der Waals surface area contributed by atoms with Gasteiger partial charge in [-0.3, -0.25) is 0 Å². The van der Waals surface area contributed by atoms with E-state index in [2.05, 4.69) is 16.4 Å². The molecule has 0 radical (unpaired) electrons. The Morgan fingerprint density at radius 2 is 2.29 bits per heavy atom. The number of hydrogen-bond acceptors (Lipinski definition) is 3. The molecule has 2 rings (SSSR count). The number of nitrogens with zero attached hydrogens (tertiary/aromatic N) is 2. The topological polar surface area (TPSA) is 39.1 Å². The second kappa shape index (κ2) is 5.50. The summed E-state index contributed by atoms with van der Waals surface area (Å²) in [5.74, 6) is 1.80. The zero-order valence-corrected chi connectivity index (χ0v) is 10.2. The Morgan fingerprint density at radius 1 is 1.41 bits per heavy atom. The molecule has 0 aliphatic rings. The summed E-state index contributed by atoms with van der Waals surface area (Å²) >= 11 is 0. The van der Waals surface area contributed by atoms with Crippen LogP contribution in [0.15, 0.2) is 36.7 Å². The summed E-state index contributed by atoms with van der Waals surface area (Å²) < 4.78 is 7.66. The third kappa shape index (κ3) is 3.07. The summed E-state index contributed by atoms with van der Waals surface area (Å²) in [5.41, 5.74) is 1.21. The minimum Gasteiger partial charge on any atom is -0.486 e. The monoisotopic (exact) mass is 231 g/mol. The van der Waals surface area contributed by atoms with Crippen LogP contribution in [0.3, 0.4) is 0 Å². The molecule has 0 atom stereocenters. The Hall–Kier alpha value is -1.81. The van der Waals surface area contributed by atoms with Gasteiger partial charge in [0.1, 0.15) is 18.2 Å².